The maximum Gasteiger partial charge on any atom is 0.258 e. The third-order valence-electron chi connectivity index (χ3n) is 4.11. The van der Waals surface area contributed by atoms with E-state index in [0.717, 1.165) is 30.4 Å². The molecule has 7 heteroatoms. The molecule has 3 rings (SSSR count). The lowest BCUT2D eigenvalue weighted by Crippen LogP contribution is -2.23. The van der Waals surface area contributed by atoms with Crippen LogP contribution in [0.1, 0.15) is 30.0 Å². The van der Waals surface area contributed by atoms with E-state index in [4.69, 9.17) is 4.42 Å². The van der Waals surface area contributed by atoms with E-state index in [0.29, 0.717) is 17.1 Å². The number of nitrogens with zero attached hydrogens (tertiary/aromatic N) is 3. The highest BCUT2D eigenvalue weighted by Gasteiger charge is 2.09. The maximum atomic E-state index is 12.0. The van der Waals surface area contributed by atoms with E-state index in [2.05, 4.69) is 39.3 Å². The molecule has 27 heavy (non-hydrogen) atoms. The van der Waals surface area contributed by atoms with Gasteiger partial charge in [0.15, 0.2) is 0 Å². The third kappa shape index (κ3) is 4.63. The third-order valence-corrected chi connectivity index (χ3v) is 4.11. The van der Waals surface area contributed by atoms with Crippen LogP contribution in [-0.4, -0.2) is 29.0 Å². The molecule has 0 bridgehead atoms. The topological polar surface area (TPSA) is 83.3 Å². The Morgan fingerprint density at radius 3 is 2.41 bits per heavy atom. The summed E-state index contributed by atoms with van der Waals surface area (Å²) in [7, 11) is 0. The summed E-state index contributed by atoms with van der Waals surface area (Å²) >= 11 is 0. The molecule has 2 N–H and O–H groups in total. The van der Waals surface area contributed by atoms with Crippen LogP contribution in [0.25, 0.3) is 0 Å². The summed E-state index contributed by atoms with van der Waals surface area (Å²) in [5, 5.41) is 6.12. The van der Waals surface area contributed by atoms with Gasteiger partial charge in [0, 0.05) is 30.5 Å². The number of hydrogen-bond acceptors (Lipinski definition) is 6. The van der Waals surface area contributed by atoms with E-state index < -0.39 is 0 Å². The number of anilines is 4. The fourth-order valence-electron chi connectivity index (χ4n) is 2.71. The molecule has 1 aromatic carbocycles. The number of benzene rings is 1. The molecule has 0 aliphatic carbocycles. The number of aromatic nitrogens is 2. The van der Waals surface area contributed by atoms with Gasteiger partial charge in [0.05, 0.1) is 11.8 Å². The van der Waals surface area contributed by atoms with Crippen molar-refractivity contribution in [1.29, 1.82) is 0 Å². The highest BCUT2D eigenvalue weighted by Crippen LogP contribution is 2.21. The predicted molar refractivity (Wildman–Crippen MR) is 107 cm³/mol. The van der Waals surface area contributed by atoms with Crippen molar-refractivity contribution < 1.29 is 9.21 Å². The fourth-order valence-corrected chi connectivity index (χ4v) is 2.71. The second-order valence-electron chi connectivity index (χ2n) is 6.00. The first-order valence-electron chi connectivity index (χ1n) is 8.90. The van der Waals surface area contributed by atoms with Gasteiger partial charge in [0.1, 0.15) is 23.7 Å². The molecule has 0 atom stereocenters. The molecule has 0 saturated heterocycles. The minimum absolute atomic E-state index is 0.209. The molecule has 2 aromatic heterocycles. The van der Waals surface area contributed by atoms with Gasteiger partial charge >= 0.3 is 0 Å². The summed E-state index contributed by atoms with van der Waals surface area (Å²) in [6.45, 7) is 7.86. The van der Waals surface area contributed by atoms with Crippen LogP contribution in [0.2, 0.25) is 0 Å². The van der Waals surface area contributed by atoms with Crippen molar-refractivity contribution in [2.75, 3.05) is 28.6 Å². The minimum atomic E-state index is -0.209. The molecular weight excluding hydrogens is 342 g/mol. The number of carbonyl (C=O) groups is 1. The van der Waals surface area contributed by atoms with E-state index in [1.54, 1.807) is 6.07 Å². The van der Waals surface area contributed by atoms with Crippen LogP contribution in [0, 0.1) is 6.92 Å². The van der Waals surface area contributed by atoms with Crippen molar-refractivity contribution in [1.82, 2.24) is 9.97 Å². The zero-order chi connectivity index (χ0) is 19.2. The molecule has 0 fully saturated rings. The summed E-state index contributed by atoms with van der Waals surface area (Å²) in [6, 6.07) is 11.0. The maximum absolute atomic E-state index is 12.0. The van der Waals surface area contributed by atoms with Crippen LogP contribution in [-0.2, 0) is 0 Å². The molecule has 0 aliphatic rings. The Hall–Kier alpha value is -3.35. The van der Waals surface area contributed by atoms with Gasteiger partial charge in [-0.25, -0.2) is 9.97 Å². The Bertz CT molecular complexity index is 887. The molecular formula is C20H23N5O2. The summed E-state index contributed by atoms with van der Waals surface area (Å²) in [5.74, 6) is 2.14. The molecule has 0 radical (unpaired) electrons. The van der Waals surface area contributed by atoms with E-state index in [1.165, 1.54) is 12.5 Å². The average Bonchev–Trinajstić information content (AvgIpc) is 3.19. The first-order valence-corrected chi connectivity index (χ1v) is 8.90. The van der Waals surface area contributed by atoms with Crippen molar-refractivity contribution in [3.8, 4) is 0 Å². The smallest absolute Gasteiger partial charge is 0.258 e. The summed E-state index contributed by atoms with van der Waals surface area (Å²) < 4.78 is 4.92. The van der Waals surface area contributed by atoms with Crippen molar-refractivity contribution >= 4 is 28.9 Å². The van der Waals surface area contributed by atoms with E-state index in [-0.39, 0.29) is 5.91 Å². The molecule has 0 saturated carbocycles. The van der Waals surface area contributed by atoms with Gasteiger partial charge < -0.3 is 20.0 Å². The zero-order valence-corrected chi connectivity index (χ0v) is 15.7. The number of furan rings is 1. The monoisotopic (exact) mass is 365 g/mol. The molecule has 3 aromatic rings. The van der Waals surface area contributed by atoms with Crippen molar-refractivity contribution in [3.63, 3.8) is 0 Å². The van der Waals surface area contributed by atoms with Gasteiger partial charge in [-0.15, -0.1) is 0 Å². The van der Waals surface area contributed by atoms with Crippen molar-refractivity contribution in [2.24, 2.45) is 0 Å². The van der Waals surface area contributed by atoms with Gasteiger partial charge in [-0.05, 0) is 51.1 Å². The van der Waals surface area contributed by atoms with Crippen LogP contribution in [0.15, 0.2) is 53.3 Å². The zero-order valence-electron chi connectivity index (χ0n) is 15.7. The molecule has 1 amide bonds. The second-order valence-corrected chi connectivity index (χ2v) is 6.00. The number of amides is 1. The molecule has 7 nitrogen and oxygen atoms in total. The van der Waals surface area contributed by atoms with Gasteiger partial charge in [0.25, 0.3) is 5.91 Å². The fraction of sp³-hybridized carbons (Fsp3) is 0.250. The van der Waals surface area contributed by atoms with Gasteiger partial charge in [-0.3, -0.25) is 4.79 Å². The Balaban J connectivity index is 1.70. The molecule has 0 spiro atoms. The van der Waals surface area contributed by atoms with Crippen LogP contribution in [0.3, 0.4) is 0 Å². The first-order chi connectivity index (χ1) is 13.1. The quantitative estimate of drug-likeness (QED) is 0.652. The van der Waals surface area contributed by atoms with Crippen LogP contribution < -0.4 is 15.5 Å². The van der Waals surface area contributed by atoms with Crippen molar-refractivity contribution in [2.45, 2.75) is 20.8 Å². The lowest BCUT2D eigenvalue weighted by Gasteiger charge is -2.20. The van der Waals surface area contributed by atoms with E-state index in [1.807, 2.05) is 37.3 Å². The Labute approximate surface area is 158 Å². The summed E-state index contributed by atoms with van der Waals surface area (Å²) in [5.41, 5.74) is 2.06. The number of hydrogen-bond donors (Lipinski definition) is 2. The highest BCUT2D eigenvalue weighted by molar-refractivity contribution is 6.04. The normalized spacial score (nSPS) is 10.5. The standard InChI is InChI=1S/C20H23N5O2/c1-4-25(5-2)19-12-18(21-14(3)22-19)23-16-6-8-17(9-7-16)24-20(26)15-10-11-27-13-15/h6-13H,4-5H2,1-3H3,(H,24,26)(H,21,22,23). The van der Waals surface area contributed by atoms with Crippen molar-refractivity contribution in [3.05, 3.63) is 60.3 Å². The number of rotatable bonds is 7. The number of nitrogens with one attached hydrogen (secondary N) is 2. The van der Waals surface area contributed by atoms with E-state index >= 15 is 0 Å². The molecule has 2 heterocycles. The first kappa shape index (κ1) is 18.4. The molecule has 0 unspecified atom stereocenters. The number of aryl methyl sites for hydroxylation is 1. The Morgan fingerprint density at radius 1 is 1.07 bits per heavy atom. The number of carbonyl (C=O) groups excluding carboxylic acids is 1. The van der Waals surface area contributed by atoms with Gasteiger partial charge in [-0.2, -0.15) is 0 Å². The summed E-state index contributed by atoms with van der Waals surface area (Å²) in [6.07, 6.45) is 2.88. The SMILES string of the molecule is CCN(CC)c1cc(Nc2ccc(NC(=O)c3ccoc3)cc2)nc(C)n1. The Kier molecular flexibility index (Phi) is 5.71. The lowest BCUT2D eigenvalue weighted by molar-refractivity contribution is 0.102. The molecule has 140 valence electrons. The largest absolute Gasteiger partial charge is 0.472 e. The van der Waals surface area contributed by atoms with Crippen LogP contribution >= 0.6 is 0 Å². The second kappa shape index (κ2) is 8.35. The van der Waals surface area contributed by atoms with Gasteiger partial charge in [0.2, 0.25) is 0 Å². The van der Waals surface area contributed by atoms with Gasteiger partial charge in [-0.1, -0.05) is 0 Å². The summed E-state index contributed by atoms with van der Waals surface area (Å²) in [4.78, 5) is 23.2. The Morgan fingerprint density at radius 2 is 1.78 bits per heavy atom. The highest BCUT2D eigenvalue weighted by atomic mass is 16.3. The predicted octanol–water partition coefficient (Wildman–Crippen LogP) is 4.22. The van der Waals surface area contributed by atoms with Crippen LogP contribution in [0.5, 0.6) is 0 Å². The van der Waals surface area contributed by atoms with E-state index in [9.17, 15) is 4.79 Å². The molecule has 0 aliphatic heterocycles. The lowest BCUT2D eigenvalue weighted by atomic mass is 10.2. The minimum Gasteiger partial charge on any atom is -0.472 e. The average molecular weight is 365 g/mol. The van der Waals surface area contributed by atoms with Crippen LogP contribution in [0.4, 0.5) is 23.0 Å².